The number of anilines is 1. The number of aromatic nitrogens is 2. The molecule has 0 aliphatic heterocycles. The third kappa shape index (κ3) is 3.01. The molecule has 0 atom stereocenters. The van der Waals surface area contributed by atoms with E-state index in [1.165, 1.54) is 12.4 Å². The largest absolute Gasteiger partial charge is 0.461 e. The average Bonchev–Trinajstić information content (AvgIpc) is 2.19. The molecule has 2 N–H and O–H groups in total. The van der Waals surface area contributed by atoms with Gasteiger partial charge in [-0.3, -0.25) is 0 Å². The fourth-order valence-electron chi connectivity index (χ4n) is 0.827. The molecule has 76 valence electrons. The van der Waals surface area contributed by atoms with Crippen molar-refractivity contribution in [1.82, 2.24) is 9.97 Å². The number of hydrogen-bond acceptors (Lipinski definition) is 5. The van der Waals surface area contributed by atoms with Gasteiger partial charge in [0.15, 0.2) is 5.69 Å². The van der Waals surface area contributed by atoms with Gasteiger partial charge in [-0.25, -0.2) is 14.8 Å². The molecule has 14 heavy (non-hydrogen) atoms. The zero-order valence-corrected chi connectivity index (χ0v) is 8.06. The van der Waals surface area contributed by atoms with E-state index in [1.807, 2.05) is 6.92 Å². The molecule has 0 aliphatic rings. The standard InChI is InChI=1S/C9H13N3O2/c1-2-3-4-14-9(13)7-5-12-8(10)6-11-7/h5-6H,2-4H2,1H3,(H2,10,12). The van der Waals surface area contributed by atoms with Crippen LogP contribution in [0.1, 0.15) is 30.3 Å². The second-order valence-electron chi connectivity index (χ2n) is 2.82. The number of ether oxygens (including phenoxy) is 1. The van der Waals surface area contributed by atoms with Crippen LogP contribution in [0.5, 0.6) is 0 Å². The average molecular weight is 195 g/mol. The van der Waals surface area contributed by atoms with Crippen LogP contribution in [0, 0.1) is 0 Å². The van der Waals surface area contributed by atoms with Crippen molar-refractivity contribution in [3.8, 4) is 0 Å². The molecule has 0 unspecified atom stereocenters. The number of esters is 1. The third-order valence-corrected chi connectivity index (χ3v) is 1.61. The van der Waals surface area contributed by atoms with E-state index in [0.717, 1.165) is 12.8 Å². The minimum atomic E-state index is -0.453. The van der Waals surface area contributed by atoms with Crippen LogP contribution in [-0.4, -0.2) is 22.5 Å². The minimum absolute atomic E-state index is 0.190. The third-order valence-electron chi connectivity index (χ3n) is 1.61. The number of unbranched alkanes of at least 4 members (excludes halogenated alkanes) is 1. The number of nitrogen functional groups attached to an aromatic ring is 1. The number of carbonyl (C=O) groups is 1. The number of nitrogens with zero attached hydrogens (tertiary/aromatic N) is 2. The highest BCUT2D eigenvalue weighted by Crippen LogP contribution is 1.99. The van der Waals surface area contributed by atoms with Crippen molar-refractivity contribution < 1.29 is 9.53 Å². The first-order valence-corrected chi connectivity index (χ1v) is 4.48. The van der Waals surface area contributed by atoms with E-state index in [0.29, 0.717) is 6.61 Å². The fourth-order valence-corrected chi connectivity index (χ4v) is 0.827. The molecule has 0 saturated heterocycles. The lowest BCUT2D eigenvalue weighted by atomic mass is 10.4. The molecular weight excluding hydrogens is 182 g/mol. The number of rotatable bonds is 4. The van der Waals surface area contributed by atoms with Gasteiger partial charge >= 0.3 is 5.97 Å². The molecule has 0 saturated carbocycles. The van der Waals surface area contributed by atoms with Gasteiger partial charge in [0.2, 0.25) is 0 Å². The Labute approximate surface area is 82.3 Å². The van der Waals surface area contributed by atoms with Crippen molar-refractivity contribution in [2.45, 2.75) is 19.8 Å². The lowest BCUT2D eigenvalue weighted by Crippen LogP contribution is -2.09. The predicted molar refractivity (Wildman–Crippen MR) is 51.6 cm³/mol. The number of nitrogens with two attached hydrogens (primary N) is 1. The second kappa shape index (κ2) is 5.16. The maximum Gasteiger partial charge on any atom is 0.358 e. The maximum absolute atomic E-state index is 11.3. The van der Waals surface area contributed by atoms with Gasteiger partial charge in [-0.1, -0.05) is 13.3 Å². The molecule has 0 spiro atoms. The Hall–Kier alpha value is -1.65. The predicted octanol–water partition coefficient (Wildman–Crippen LogP) is 1.02. The van der Waals surface area contributed by atoms with Crippen molar-refractivity contribution in [3.63, 3.8) is 0 Å². The van der Waals surface area contributed by atoms with E-state index in [4.69, 9.17) is 10.5 Å². The number of carbonyl (C=O) groups excluding carboxylic acids is 1. The van der Waals surface area contributed by atoms with Gasteiger partial charge in [0, 0.05) is 0 Å². The summed E-state index contributed by atoms with van der Waals surface area (Å²) in [5, 5.41) is 0. The summed E-state index contributed by atoms with van der Waals surface area (Å²) in [7, 11) is 0. The lowest BCUT2D eigenvalue weighted by Gasteiger charge is -2.02. The molecule has 5 nitrogen and oxygen atoms in total. The molecule has 1 aromatic heterocycles. The second-order valence-corrected chi connectivity index (χ2v) is 2.82. The zero-order valence-electron chi connectivity index (χ0n) is 8.06. The Morgan fingerprint density at radius 2 is 2.29 bits per heavy atom. The van der Waals surface area contributed by atoms with Gasteiger partial charge in [0.25, 0.3) is 0 Å². The topological polar surface area (TPSA) is 78.1 Å². The monoisotopic (exact) mass is 195 g/mol. The summed E-state index contributed by atoms with van der Waals surface area (Å²) in [5.74, 6) is -0.166. The van der Waals surface area contributed by atoms with Gasteiger partial charge in [-0.2, -0.15) is 0 Å². The first-order valence-electron chi connectivity index (χ1n) is 4.48. The first-order chi connectivity index (χ1) is 6.74. The van der Waals surface area contributed by atoms with E-state index in [2.05, 4.69) is 9.97 Å². The van der Waals surface area contributed by atoms with Crippen LogP contribution >= 0.6 is 0 Å². The Balaban J connectivity index is 2.48. The summed E-state index contributed by atoms with van der Waals surface area (Å²) < 4.78 is 4.93. The molecule has 0 radical (unpaired) electrons. The molecule has 0 fully saturated rings. The quantitative estimate of drug-likeness (QED) is 0.573. The highest BCUT2D eigenvalue weighted by molar-refractivity contribution is 5.86. The Kier molecular flexibility index (Phi) is 3.84. The summed E-state index contributed by atoms with van der Waals surface area (Å²) in [6, 6.07) is 0. The van der Waals surface area contributed by atoms with Crippen LogP contribution in [0.15, 0.2) is 12.4 Å². The van der Waals surface area contributed by atoms with E-state index >= 15 is 0 Å². The van der Waals surface area contributed by atoms with Crippen LogP contribution in [0.2, 0.25) is 0 Å². The van der Waals surface area contributed by atoms with Gasteiger partial charge in [-0.15, -0.1) is 0 Å². The zero-order chi connectivity index (χ0) is 10.4. The summed E-state index contributed by atoms with van der Waals surface area (Å²) in [4.78, 5) is 18.8. The van der Waals surface area contributed by atoms with Crippen molar-refractivity contribution in [3.05, 3.63) is 18.1 Å². The Bertz CT molecular complexity index is 297. The van der Waals surface area contributed by atoms with Crippen molar-refractivity contribution in [2.24, 2.45) is 0 Å². The van der Waals surface area contributed by atoms with Gasteiger partial charge in [0.05, 0.1) is 19.0 Å². The molecule has 0 amide bonds. The van der Waals surface area contributed by atoms with Crippen LogP contribution in [0.4, 0.5) is 5.82 Å². The molecule has 1 aromatic rings. The molecular formula is C9H13N3O2. The van der Waals surface area contributed by atoms with Crippen molar-refractivity contribution >= 4 is 11.8 Å². The van der Waals surface area contributed by atoms with Crippen LogP contribution in [0.25, 0.3) is 0 Å². The lowest BCUT2D eigenvalue weighted by molar-refractivity contribution is 0.0492. The summed E-state index contributed by atoms with van der Waals surface area (Å²) >= 11 is 0. The van der Waals surface area contributed by atoms with Crippen LogP contribution in [-0.2, 0) is 4.74 Å². The Morgan fingerprint density at radius 3 is 2.86 bits per heavy atom. The molecule has 1 rings (SSSR count). The molecule has 0 aliphatic carbocycles. The maximum atomic E-state index is 11.3. The minimum Gasteiger partial charge on any atom is -0.461 e. The van der Waals surface area contributed by atoms with E-state index < -0.39 is 5.97 Å². The van der Waals surface area contributed by atoms with Gasteiger partial charge in [-0.05, 0) is 6.42 Å². The summed E-state index contributed by atoms with van der Waals surface area (Å²) in [6.45, 7) is 2.44. The van der Waals surface area contributed by atoms with Gasteiger partial charge < -0.3 is 10.5 Å². The van der Waals surface area contributed by atoms with E-state index in [-0.39, 0.29) is 11.5 Å². The van der Waals surface area contributed by atoms with Gasteiger partial charge in [0.1, 0.15) is 5.82 Å². The fraction of sp³-hybridized carbons (Fsp3) is 0.444. The highest BCUT2D eigenvalue weighted by atomic mass is 16.5. The van der Waals surface area contributed by atoms with Crippen LogP contribution in [0.3, 0.4) is 0 Å². The van der Waals surface area contributed by atoms with Crippen LogP contribution < -0.4 is 5.73 Å². The highest BCUT2D eigenvalue weighted by Gasteiger charge is 2.07. The van der Waals surface area contributed by atoms with Crippen molar-refractivity contribution in [2.75, 3.05) is 12.3 Å². The molecule has 1 heterocycles. The first kappa shape index (κ1) is 10.4. The van der Waals surface area contributed by atoms with E-state index in [1.54, 1.807) is 0 Å². The smallest absolute Gasteiger partial charge is 0.358 e. The SMILES string of the molecule is CCCCOC(=O)c1cnc(N)cn1. The van der Waals surface area contributed by atoms with E-state index in [9.17, 15) is 4.79 Å². The molecule has 5 heteroatoms. The summed E-state index contributed by atoms with van der Waals surface area (Å²) in [6.07, 6.45) is 4.48. The van der Waals surface area contributed by atoms with Crippen molar-refractivity contribution in [1.29, 1.82) is 0 Å². The summed E-state index contributed by atoms with van der Waals surface area (Å²) in [5.41, 5.74) is 5.51. The number of hydrogen-bond donors (Lipinski definition) is 1. The molecule has 0 bridgehead atoms. The molecule has 0 aromatic carbocycles. The normalized spacial score (nSPS) is 9.79. The Morgan fingerprint density at radius 1 is 1.50 bits per heavy atom.